The molecule has 2 saturated heterocycles. The molecule has 14 unspecified atom stereocenters. The first-order chi connectivity index (χ1) is 38.4. The second kappa shape index (κ2) is 34.5. The largest absolute Gasteiger partial charge is 0.461 e. The van der Waals surface area contributed by atoms with E-state index in [2.05, 4.69) is 10.6 Å². The molecule has 21 nitrogen and oxygen atoms in total. The summed E-state index contributed by atoms with van der Waals surface area (Å²) in [4.78, 5) is 52.5. The molecule has 2 bridgehead atoms. The van der Waals surface area contributed by atoms with Crippen LogP contribution < -0.4 is 16.4 Å². The summed E-state index contributed by atoms with van der Waals surface area (Å²) in [5.74, 6) is -6.45. The molecule has 0 radical (unpaired) electrons. The Labute approximate surface area is 475 Å². The van der Waals surface area contributed by atoms with Crippen molar-refractivity contribution in [3.8, 4) is 0 Å². The number of ketones is 2. The third kappa shape index (κ3) is 23.6. The molecule has 1 aromatic carbocycles. The van der Waals surface area contributed by atoms with Crippen LogP contribution in [0.15, 0.2) is 109 Å². The number of hydrogen-bond donors (Lipinski definition) is 13. The van der Waals surface area contributed by atoms with E-state index in [4.69, 9.17) is 24.7 Å². The van der Waals surface area contributed by atoms with Gasteiger partial charge >= 0.3 is 5.97 Å². The molecule has 0 saturated carbocycles. The molecule has 1 aromatic rings. The summed E-state index contributed by atoms with van der Waals surface area (Å²) in [6.45, 7) is 5.26. The lowest BCUT2D eigenvalue weighted by molar-refractivity contribution is -0.307. The summed E-state index contributed by atoms with van der Waals surface area (Å²) < 4.78 is 24.0. The highest BCUT2D eigenvalue weighted by Gasteiger charge is 2.50. The lowest BCUT2D eigenvalue weighted by Gasteiger charge is -2.46. The summed E-state index contributed by atoms with van der Waals surface area (Å²) in [7, 11) is 3.13. The number of benzene rings is 1. The summed E-state index contributed by atoms with van der Waals surface area (Å²) in [6.07, 6.45) is 3.41. The Kier molecular flexibility index (Phi) is 29.1. The van der Waals surface area contributed by atoms with Crippen LogP contribution >= 0.6 is 0 Å². The number of aliphatic hydroxyl groups is 10. The van der Waals surface area contributed by atoms with Crippen LogP contribution in [-0.2, 0) is 33.3 Å². The van der Waals surface area contributed by atoms with Crippen LogP contribution in [0, 0.1) is 17.8 Å². The molecule has 0 aromatic heterocycles. The third-order valence-electron chi connectivity index (χ3n) is 14.6. The zero-order valence-corrected chi connectivity index (χ0v) is 47.1. The van der Waals surface area contributed by atoms with Gasteiger partial charge in [0.2, 0.25) is 5.91 Å². The molecule has 3 aliphatic rings. The van der Waals surface area contributed by atoms with E-state index < -0.39 is 160 Å². The lowest BCUT2D eigenvalue weighted by atomic mass is 9.82. The average Bonchev–Trinajstić information content (AvgIpc) is 3.40. The van der Waals surface area contributed by atoms with Crippen molar-refractivity contribution in [2.75, 3.05) is 19.4 Å². The van der Waals surface area contributed by atoms with Crippen LogP contribution in [0.4, 0.5) is 5.69 Å². The van der Waals surface area contributed by atoms with Gasteiger partial charge in [0.1, 0.15) is 18.0 Å². The zero-order chi connectivity index (χ0) is 59.8. The number of carbonyl (C=O) groups excluding carboxylic acids is 4. The Morgan fingerprint density at radius 3 is 1.86 bits per heavy atom. The molecule has 0 spiro atoms. The Bertz CT molecular complexity index is 2320. The van der Waals surface area contributed by atoms with E-state index >= 15 is 0 Å². The fraction of sp³-hybridized carbons (Fsp3) is 0.600. The van der Waals surface area contributed by atoms with Crippen LogP contribution in [0.5, 0.6) is 0 Å². The van der Waals surface area contributed by atoms with Gasteiger partial charge in [-0.05, 0) is 69.2 Å². The van der Waals surface area contributed by atoms with Crippen LogP contribution in [0.1, 0.15) is 108 Å². The summed E-state index contributed by atoms with van der Waals surface area (Å²) >= 11 is 0. The second-order valence-corrected chi connectivity index (χ2v) is 21.7. The topological polar surface area (TPSA) is 358 Å². The van der Waals surface area contributed by atoms with Gasteiger partial charge in [0, 0.05) is 69.8 Å². The quantitative estimate of drug-likeness (QED) is 0.112. The highest BCUT2D eigenvalue weighted by Crippen LogP contribution is 2.38. The van der Waals surface area contributed by atoms with Gasteiger partial charge in [0.05, 0.1) is 85.5 Å². The van der Waals surface area contributed by atoms with E-state index in [0.717, 1.165) is 5.69 Å². The van der Waals surface area contributed by atoms with Crippen molar-refractivity contribution in [2.45, 2.75) is 195 Å². The van der Waals surface area contributed by atoms with Gasteiger partial charge in [-0.1, -0.05) is 98.9 Å². The normalized spacial score (nSPS) is 37.7. The van der Waals surface area contributed by atoms with E-state index in [0.29, 0.717) is 12.0 Å². The Morgan fingerprint density at radius 2 is 1.27 bits per heavy atom. The van der Waals surface area contributed by atoms with Crippen molar-refractivity contribution in [1.29, 1.82) is 0 Å². The minimum atomic E-state index is -2.26. The number of esters is 1. The SMILES string of the molecule is CNC(=O)C1C(O)CC2(O)CC(O)CC(O)CC(O)CC(O)CC(=O)CC(O)CC(=O)OC(C(C)CCC(O)CC(=O)c3ccc(NC)cc3)C(C)/C=C/C=C/C=C/C=C/C=C/C=C/C=C/C(O[C@@H]3O[C@H](C)[C@@H](O)[C@H](N)[C@@H]3O)CC1O2. The van der Waals surface area contributed by atoms with Crippen molar-refractivity contribution in [2.24, 2.45) is 23.5 Å². The van der Waals surface area contributed by atoms with E-state index in [-0.39, 0.29) is 49.7 Å². The summed E-state index contributed by atoms with van der Waals surface area (Å²) in [6, 6.07) is 5.78. The molecular formula is C60H89N3O18. The van der Waals surface area contributed by atoms with Crippen LogP contribution in [0.25, 0.3) is 0 Å². The maximum absolute atomic E-state index is 13.3. The third-order valence-corrected chi connectivity index (χ3v) is 14.6. The van der Waals surface area contributed by atoms with E-state index in [1.54, 1.807) is 117 Å². The number of carbonyl (C=O) groups is 4. The Morgan fingerprint density at radius 1 is 0.716 bits per heavy atom. The summed E-state index contributed by atoms with van der Waals surface area (Å²) in [5, 5.41) is 115. The number of Topliss-reactive ketones (excluding diaryl/α,β-unsaturated/α-hetero) is 2. The number of fused-ring (bicyclic) bond motifs is 2. The number of nitrogens with one attached hydrogen (secondary N) is 2. The molecule has 81 heavy (non-hydrogen) atoms. The van der Waals surface area contributed by atoms with Crippen LogP contribution in [0.3, 0.4) is 0 Å². The zero-order valence-electron chi connectivity index (χ0n) is 47.1. The number of rotatable bonds is 11. The number of cyclic esters (lactones) is 1. The number of hydrogen-bond acceptors (Lipinski definition) is 20. The summed E-state index contributed by atoms with van der Waals surface area (Å²) in [5.41, 5.74) is 7.40. The Balaban J connectivity index is 1.55. The van der Waals surface area contributed by atoms with Gasteiger partial charge in [-0.25, -0.2) is 0 Å². The first-order valence-corrected chi connectivity index (χ1v) is 27.9. The predicted molar refractivity (Wildman–Crippen MR) is 302 cm³/mol. The molecule has 19 atom stereocenters. The molecule has 0 aliphatic carbocycles. The van der Waals surface area contributed by atoms with Crippen molar-refractivity contribution in [3.05, 3.63) is 115 Å². The maximum Gasteiger partial charge on any atom is 0.308 e. The lowest BCUT2D eigenvalue weighted by Crippen LogP contribution is -2.62. The minimum absolute atomic E-state index is 0.101. The standard InChI is InChI=1S/C60H89N3O18/c1-36-18-16-14-12-10-8-6-7-9-11-13-15-17-19-48(79-59-56(75)54(61)55(74)38(3)78-59)33-51-53(58(76)63-5)50(72)35-60(77,81-51)34-47(70)30-45(68)28-43(66)26-42(65)27-44(67)29-46(69)32-52(73)80-57(36)37(2)20-25-41(64)31-49(71)39-21-23-40(62-4)24-22-39/h6-19,21-24,36-38,41-43,45-48,50-51,53-57,59,62,64-66,68-70,72,74-75,77H,20,25-35,61H2,1-5H3,(H,63,76)/b7-6+,10-8+,11-9+,14-12+,15-13+,18-16+,19-17+/t36?,37?,38-,41?,42?,43?,45?,46?,47?,48?,50?,51?,53?,54+,55-,56+,57?,59+,60?/m1/s1. The first kappa shape index (κ1) is 68.4. The number of amides is 1. The minimum Gasteiger partial charge on any atom is -0.461 e. The molecular weight excluding hydrogens is 1050 g/mol. The number of ether oxygens (including phenoxy) is 4. The van der Waals surface area contributed by atoms with Gasteiger partial charge in [-0.3, -0.25) is 19.2 Å². The van der Waals surface area contributed by atoms with E-state index in [9.17, 15) is 70.2 Å². The number of allylic oxidation sites excluding steroid dienone is 12. The van der Waals surface area contributed by atoms with Gasteiger partial charge in [0.15, 0.2) is 17.9 Å². The molecule has 4 rings (SSSR count). The molecule has 3 heterocycles. The van der Waals surface area contributed by atoms with E-state index in [1.807, 2.05) is 19.9 Å². The second-order valence-electron chi connectivity index (χ2n) is 21.7. The molecule has 3 aliphatic heterocycles. The molecule has 21 heteroatoms. The maximum atomic E-state index is 13.3. The highest BCUT2D eigenvalue weighted by atomic mass is 16.7. The molecule has 1 amide bonds. The molecule has 452 valence electrons. The van der Waals surface area contributed by atoms with Gasteiger partial charge in [-0.2, -0.15) is 0 Å². The smallest absolute Gasteiger partial charge is 0.308 e. The van der Waals surface area contributed by atoms with Crippen LogP contribution in [0.2, 0.25) is 0 Å². The average molecular weight is 1140 g/mol. The fourth-order valence-electron chi connectivity index (χ4n) is 10.2. The van der Waals surface area contributed by atoms with Crippen molar-refractivity contribution < 1.29 is 89.2 Å². The van der Waals surface area contributed by atoms with E-state index in [1.165, 1.54) is 7.05 Å². The fourth-order valence-corrected chi connectivity index (χ4v) is 10.2. The Hall–Kier alpha value is -5.08. The molecule has 14 N–H and O–H groups in total. The van der Waals surface area contributed by atoms with Gasteiger partial charge in [0.25, 0.3) is 0 Å². The van der Waals surface area contributed by atoms with Gasteiger partial charge in [-0.15, -0.1) is 0 Å². The van der Waals surface area contributed by atoms with Crippen molar-refractivity contribution >= 4 is 29.1 Å². The first-order valence-electron chi connectivity index (χ1n) is 27.9. The predicted octanol–water partition coefficient (Wildman–Crippen LogP) is 2.41. The highest BCUT2D eigenvalue weighted by molar-refractivity contribution is 5.96. The monoisotopic (exact) mass is 1140 g/mol. The number of anilines is 1. The van der Waals surface area contributed by atoms with Crippen molar-refractivity contribution in [1.82, 2.24) is 5.32 Å². The van der Waals surface area contributed by atoms with Crippen LogP contribution in [-0.4, -0.2) is 186 Å². The van der Waals surface area contributed by atoms with Gasteiger partial charge < -0.3 is 86.4 Å². The number of nitrogens with two attached hydrogens (primary N) is 1. The molecule has 2 fully saturated rings. The number of aliphatic hydroxyl groups excluding tert-OH is 9. The van der Waals surface area contributed by atoms with Crippen molar-refractivity contribution in [3.63, 3.8) is 0 Å².